The Morgan fingerprint density at radius 3 is 2.88 bits per heavy atom. The van der Waals surface area contributed by atoms with Crippen LogP contribution in [0.1, 0.15) is 29.5 Å². The van der Waals surface area contributed by atoms with Gasteiger partial charge in [0, 0.05) is 5.56 Å². The zero-order valence-electron chi connectivity index (χ0n) is 10.5. The van der Waals surface area contributed by atoms with Crippen molar-refractivity contribution in [1.29, 1.82) is 0 Å². The van der Waals surface area contributed by atoms with Gasteiger partial charge in [-0.15, -0.1) is 0 Å². The van der Waals surface area contributed by atoms with Gasteiger partial charge in [-0.1, -0.05) is 0 Å². The van der Waals surface area contributed by atoms with Gasteiger partial charge in [0.15, 0.2) is 0 Å². The fraction of sp³-hybridized carbons (Fsp3) is 0.571. The normalized spacial score (nSPS) is 20.5. The fourth-order valence-corrected chi connectivity index (χ4v) is 2.56. The van der Waals surface area contributed by atoms with E-state index in [-0.39, 0.29) is 11.6 Å². The average molecular weight is 237 g/mol. The largest absolute Gasteiger partial charge is 0.507 e. The first-order valence-electron chi connectivity index (χ1n) is 6.28. The monoisotopic (exact) mass is 237 g/mol. The molecule has 1 heterocycles. The maximum atomic E-state index is 13.6. The van der Waals surface area contributed by atoms with E-state index in [2.05, 4.69) is 5.32 Å². The summed E-state index contributed by atoms with van der Waals surface area (Å²) in [5, 5.41) is 13.4. The molecule has 1 unspecified atom stereocenters. The summed E-state index contributed by atoms with van der Waals surface area (Å²) in [5.74, 6) is 0.572. The van der Waals surface area contributed by atoms with E-state index in [0.717, 1.165) is 31.5 Å². The number of hydrogen-bond donors (Lipinski definition) is 2. The standard InChI is InChI=1S/C14H20FNO/c1-9-6-13(15)10(2)12(14(9)17)7-11-4-3-5-16-8-11/h6,11,16-17H,3-5,7-8H2,1-2H3. The first-order chi connectivity index (χ1) is 8.09. The number of nitrogens with one attached hydrogen (secondary N) is 1. The minimum atomic E-state index is -0.209. The minimum Gasteiger partial charge on any atom is -0.507 e. The predicted octanol–water partition coefficient (Wildman–Crippen LogP) is 2.69. The molecule has 1 saturated heterocycles. The van der Waals surface area contributed by atoms with E-state index in [1.807, 2.05) is 0 Å². The topological polar surface area (TPSA) is 32.3 Å². The van der Waals surface area contributed by atoms with Crippen LogP contribution in [0.2, 0.25) is 0 Å². The molecule has 3 heteroatoms. The van der Waals surface area contributed by atoms with Crippen molar-refractivity contribution in [3.05, 3.63) is 28.6 Å². The van der Waals surface area contributed by atoms with Crippen molar-refractivity contribution in [3.8, 4) is 5.75 Å². The van der Waals surface area contributed by atoms with Crippen LogP contribution < -0.4 is 5.32 Å². The molecule has 0 bridgehead atoms. The van der Waals surface area contributed by atoms with Gasteiger partial charge in [0.1, 0.15) is 11.6 Å². The Balaban J connectivity index is 2.24. The van der Waals surface area contributed by atoms with Crippen molar-refractivity contribution >= 4 is 0 Å². The molecular weight excluding hydrogens is 217 g/mol. The van der Waals surface area contributed by atoms with Gasteiger partial charge in [0.25, 0.3) is 0 Å². The number of aromatic hydroxyl groups is 1. The third-order valence-corrected chi connectivity index (χ3v) is 3.71. The lowest BCUT2D eigenvalue weighted by Gasteiger charge is -2.24. The predicted molar refractivity (Wildman–Crippen MR) is 66.8 cm³/mol. The van der Waals surface area contributed by atoms with Gasteiger partial charge >= 0.3 is 0 Å². The van der Waals surface area contributed by atoms with Gasteiger partial charge in [-0.2, -0.15) is 0 Å². The molecule has 2 nitrogen and oxygen atoms in total. The van der Waals surface area contributed by atoms with Gasteiger partial charge in [0.05, 0.1) is 0 Å². The zero-order chi connectivity index (χ0) is 12.4. The van der Waals surface area contributed by atoms with E-state index in [9.17, 15) is 9.50 Å². The van der Waals surface area contributed by atoms with E-state index in [1.165, 1.54) is 12.5 Å². The summed E-state index contributed by atoms with van der Waals surface area (Å²) >= 11 is 0. The third kappa shape index (κ3) is 2.60. The van der Waals surface area contributed by atoms with E-state index >= 15 is 0 Å². The minimum absolute atomic E-state index is 0.209. The van der Waals surface area contributed by atoms with Crippen molar-refractivity contribution in [2.45, 2.75) is 33.1 Å². The van der Waals surface area contributed by atoms with Crippen molar-refractivity contribution in [1.82, 2.24) is 5.32 Å². The Morgan fingerprint density at radius 2 is 2.24 bits per heavy atom. The highest BCUT2D eigenvalue weighted by Gasteiger charge is 2.19. The molecule has 0 radical (unpaired) electrons. The molecule has 17 heavy (non-hydrogen) atoms. The molecule has 0 amide bonds. The van der Waals surface area contributed by atoms with Crippen molar-refractivity contribution in [2.24, 2.45) is 5.92 Å². The molecule has 1 aromatic rings. The molecule has 94 valence electrons. The van der Waals surface area contributed by atoms with Crippen LogP contribution in [0.4, 0.5) is 4.39 Å². The number of halogens is 1. The molecule has 1 aliphatic heterocycles. The van der Waals surface area contributed by atoms with E-state index < -0.39 is 0 Å². The van der Waals surface area contributed by atoms with Crippen LogP contribution in [0.15, 0.2) is 6.07 Å². The number of hydrogen-bond acceptors (Lipinski definition) is 2. The lowest BCUT2D eigenvalue weighted by molar-refractivity contribution is 0.368. The summed E-state index contributed by atoms with van der Waals surface area (Å²) in [5.41, 5.74) is 2.02. The summed E-state index contributed by atoms with van der Waals surface area (Å²) in [7, 11) is 0. The molecule has 2 rings (SSSR count). The van der Waals surface area contributed by atoms with Gasteiger partial charge in [-0.3, -0.25) is 0 Å². The maximum Gasteiger partial charge on any atom is 0.126 e. The lowest BCUT2D eigenvalue weighted by atomic mass is 9.89. The van der Waals surface area contributed by atoms with Crippen LogP contribution >= 0.6 is 0 Å². The summed E-state index contributed by atoms with van der Waals surface area (Å²) in [6, 6.07) is 1.41. The summed E-state index contributed by atoms with van der Waals surface area (Å²) < 4.78 is 13.6. The molecule has 2 N–H and O–H groups in total. The number of rotatable bonds is 2. The molecule has 0 aromatic heterocycles. The second kappa shape index (κ2) is 5.05. The maximum absolute atomic E-state index is 13.6. The Kier molecular flexibility index (Phi) is 3.67. The lowest BCUT2D eigenvalue weighted by Crippen LogP contribution is -2.31. The Labute approximate surface area is 102 Å². The van der Waals surface area contributed by atoms with Crippen molar-refractivity contribution in [3.63, 3.8) is 0 Å². The second-order valence-corrected chi connectivity index (χ2v) is 5.04. The van der Waals surface area contributed by atoms with Gasteiger partial charge in [-0.25, -0.2) is 4.39 Å². The average Bonchev–Trinajstić information content (AvgIpc) is 2.33. The van der Waals surface area contributed by atoms with E-state index in [4.69, 9.17) is 0 Å². The molecular formula is C14H20FNO. The molecule has 1 fully saturated rings. The Hall–Kier alpha value is -1.09. The highest BCUT2D eigenvalue weighted by atomic mass is 19.1. The van der Waals surface area contributed by atoms with Crippen LogP contribution in [0.5, 0.6) is 5.75 Å². The summed E-state index contributed by atoms with van der Waals surface area (Å²) in [6.07, 6.45) is 3.09. The highest BCUT2D eigenvalue weighted by molar-refractivity contribution is 5.45. The van der Waals surface area contributed by atoms with E-state index in [1.54, 1.807) is 13.8 Å². The second-order valence-electron chi connectivity index (χ2n) is 5.04. The van der Waals surface area contributed by atoms with Crippen LogP contribution in [0, 0.1) is 25.6 Å². The first-order valence-corrected chi connectivity index (χ1v) is 6.28. The highest BCUT2D eigenvalue weighted by Crippen LogP contribution is 2.31. The molecule has 0 spiro atoms. The molecule has 0 aliphatic carbocycles. The molecule has 1 atom stereocenters. The number of benzene rings is 1. The van der Waals surface area contributed by atoms with Gasteiger partial charge in [0.2, 0.25) is 0 Å². The van der Waals surface area contributed by atoms with E-state index in [0.29, 0.717) is 17.0 Å². The number of phenols is 1. The molecule has 1 aromatic carbocycles. The molecule has 0 saturated carbocycles. The number of aryl methyl sites for hydroxylation is 1. The van der Waals surface area contributed by atoms with Crippen molar-refractivity contribution in [2.75, 3.05) is 13.1 Å². The Morgan fingerprint density at radius 1 is 1.47 bits per heavy atom. The summed E-state index contributed by atoms with van der Waals surface area (Å²) in [6.45, 7) is 5.54. The van der Waals surface area contributed by atoms with Gasteiger partial charge in [-0.05, 0) is 69.3 Å². The van der Waals surface area contributed by atoms with Crippen LogP contribution in [0.3, 0.4) is 0 Å². The first kappa shape index (κ1) is 12.4. The quantitative estimate of drug-likeness (QED) is 0.829. The zero-order valence-corrected chi connectivity index (χ0v) is 10.5. The Bertz CT molecular complexity index is 385. The van der Waals surface area contributed by atoms with Crippen LogP contribution in [0.25, 0.3) is 0 Å². The summed E-state index contributed by atoms with van der Waals surface area (Å²) in [4.78, 5) is 0. The van der Waals surface area contributed by atoms with Crippen LogP contribution in [-0.2, 0) is 6.42 Å². The third-order valence-electron chi connectivity index (χ3n) is 3.71. The molecule has 1 aliphatic rings. The van der Waals surface area contributed by atoms with Gasteiger partial charge < -0.3 is 10.4 Å². The fourth-order valence-electron chi connectivity index (χ4n) is 2.56. The SMILES string of the molecule is Cc1cc(F)c(C)c(CC2CCCNC2)c1O. The smallest absolute Gasteiger partial charge is 0.126 e. The van der Waals surface area contributed by atoms with Crippen molar-refractivity contribution < 1.29 is 9.50 Å². The number of piperidine rings is 1. The van der Waals surface area contributed by atoms with Crippen LogP contribution in [-0.4, -0.2) is 18.2 Å². The number of phenolic OH excluding ortho intramolecular Hbond substituents is 1.